The topological polar surface area (TPSA) is 86.8 Å². The van der Waals surface area contributed by atoms with Gasteiger partial charge in [0.25, 0.3) is 0 Å². The van der Waals surface area contributed by atoms with Crippen LogP contribution in [0.25, 0.3) is 0 Å². The predicted octanol–water partition coefficient (Wildman–Crippen LogP) is 3.18. The van der Waals surface area contributed by atoms with Gasteiger partial charge in [0.1, 0.15) is 0 Å². The van der Waals surface area contributed by atoms with Gasteiger partial charge >= 0.3 is 0 Å². The van der Waals surface area contributed by atoms with Crippen molar-refractivity contribution in [1.82, 2.24) is 14.5 Å². The Balaban J connectivity index is 1.47. The summed E-state index contributed by atoms with van der Waals surface area (Å²) in [6.45, 7) is 7.09. The highest BCUT2D eigenvalue weighted by molar-refractivity contribution is 7.89. The molecule has 1 atom stereocenters. The van der Waals surface area contributed by atoms with E-state index < -0.39 is 10.0 Å². The molecular weight excluding hydrogens is 438 g/mol. The van der Waals surface area contributed by atoms with Gasteiger partial charge in [-0.3, -0.25) is 9.59 Å². The molecule has 1 fully saturated rings. The smallest absolute Gasteiger partial charge is 0.243 e. The van der Waals surface area contributed by atoms with Crippen LogP contribution in [0.3, 0.4) is 0 Å². The molecule has 0 aromatic heterocycles. The molecule has 7 nitrogen and oxygen atoms in total. The molecule has 1 aliphatic heterocycles. The quantitative estimate of drug-likeness (QED) is 0.641. The fourth-order valence-corrected chi connectivity index (χ4v) is 5.32. The van der Waals surface area contributed by atoms with Gasteiger partial charge in [-0.1, -0.05) is 54.4 Å². The van der Waals surface area contributed by atoms with Crippen molar-refractivity contribution in [3.8, 4) is 0 Å². The Kier molecular flexibility index (Phi) is 8.26. The second-order valence-corrected chi connectivity index (χ2v) is 10.5. The summed E-state index contributed by atoms with van der Waals surface area (Å²) >= 11 is 0. The SMILES string of the molecule is CC[C@@H](NC(=O)CCC(=O)N1CCN(S(=O)(=O)c2ccc(C)cc2)CC1)c1ccc(C)cc1. The van der Waals surface area contributed by atoms with E-state index in [2.05, 4.69) is 5.32 Å². The normalized spacial score (nSPS) is 15.8. The maximum absolute atomic E-state index is 12.8. The van der Waals surface area contributed by atoms with Gasteiger partial charge in [0, 0.05) is 39.0 Å². The monoisotopic (exact) mass is 471 g/mol. The van der Waals surface area contributed by atoms with Crippen LogP contribution in [0.5, 0.6) is 0 Å². The van der Waals surface area contributed by atoms with Gasteiger partial charge in [-0.15, -0.1) is 0 Å². The standard InChI is InChI=1S/C25H33N3O4S/c1-4-23(21-9-5-19(2)6-10-21)26-24(29)13-14-25(30)27-15-17-28(18-16-27)33(31,32)22-11-7-20(3)8-12-22/h5-12,23H,4,13-18H2,1-3H3,(H,26,29)/t23-/m1/s1. The first kappa shape index (κ1) is 24.9. The number of rotatable bonds is 8. The van der Waals surface area contributed by atoms with Crippen molar-refractivity contribution in [3.63, 3.8) is 0 Å². The van der Waals surface area contributed by atoms with Crippen LogP contribution in [0.2, 0.25) is 0 Å². The van der Waals surface area contributed by atoms with Crippen LogP contribution < -0.4 is 5.32 Å². The molecule has 1 heterocycles. The number of amides is 2. The third-order valence-electron chi connectivity index (χ3n) is 6.04. The molecule has 33 heavy (non-hydrogen) atoms. The Morgan fingerprint density at radius 3 is 1.97 bits per heavy atom. The second kappa shape index (κ2) is 10.9. The van der Waals surface area contributed by atoms with Crippen molar-refractivity contribution in [1.29, 1.82) is 0 Å². The maximum Gasteiger partial charge on any atom is 0.243 e. The molecule has 2 amide bonds. The molecule has 0 radical (unpaired) electrons. The molecule has 8 heteroatoms. The average Bonchev–Trinajstić information content (AvgIpc) is 2.82. The molecular formula is C25H33N3O4S. The van der Waals surface area contributed by atoms with E-state index in [0.29, 0.717) is 13.1 Å². The Morgan fingerprint density at radius 1 is 0.879 bits per heavy atom. The molecule has 1 N–H and O–H groups in total. The lowest BCUT2D eigenvalue weighted by molar-refractivity contribution is -0.134. The summed E-state index contributed by atoms with van der Waals surface area (Å²) < 4.78 is 27.1. The largest absolute Gasteiger partial charge is 0.349 e. The van der Waals surface area contributed by atoms with Crippen LogP contribution in [0.15, 0.2) is 53.4 Å². The van der Waals surface area contributed by atoms with Crippen molar-refractivity contribution >= 4 is 21.8 Å². The Hall–Kier alpha value is -2.71. The van der Waals surface area contributed by atoms with Crippen molar-refractivity contribution in [3.05, 3.63) is 65.2 Å². The number of carbonyl (C=O) groups excluding carboxylic acids is 2. The van der Waals surface area contributed by atoms with Gasteiger partial charge in [0.15, 0.2) is 0 Å². The van der Waals surface area contributed by atoms with E-state index in [1.807, 2.05) is 45.0 Å². The molecule has 0 saturated carbocycles. The minimum absolute atomic E-state index is 0.0799. The summed E-state index contributed by atoms with van der Waals surface area (Å²) in [5, 5.41) is 3.01. The highest BCUT2D eigenvalue weighted by atomic mass is 32.2. The van der Waals surface area contributed by atoms with Gasteiger partial charge in [-0.2, -0.15) is 4.31 Å². The maximum atomic E-state index is 12.8. The van der Waals surface area contributed by atoms with Gasteiger partial charge in [0.2, 0.25) is 21.8 Å². The lowest BCUT2D eigenvalue weighted by Gasteiger charge is -2.34. The molecule has 2 aromatic rings. The molecule has 1 aliphatic rings. The predicted molar refractivity (Wildman–Crippen MR) is 128 cm³/mol. The van der Waals surface area contributed by atoms with Gasteiger partial charge in [0.05, 0.1) is 10.9 Å². The lowest BCUT2D eigenvalue weighted by Crippen LogP contribution is -2.50. The molecule has 1 saturated heterocycles. The number of nitrogens with one attached hydrogen (secondary N) is 1. The van der Waals surface area contributed by atoms with Gasteiger partial charge < -0.3 is 10.2 Å². The first-order valence-electron chi connectivity index (χ1n) is 11.4. The number of nitrogens with zero attached hydrogens (tertiary/aromatic N) is 2. The second-order valence-electron chi connectivity index (χ2n) is 8.54. The first-order chi connectivity index (χ1) is 15.7. The van der Waals surface area contributed by atoms with Crippen molar-refractivity contribution < 1.29 is 18.0 Å². The lowest BCUT2D eigenvalue weighted by atomic mass is 10.0. The van der Waals surface area contributed by atoms with Crippen molar-refractivity contribution in [2.45, 2.75) is 51.0 Å². The first-order valence-corrected chi connectivity index (χ1v) is 12.8. The average molecular weight is 472 g/mol. The Labute approximate surface area is 196 Å². The van der Waals surface area contributed by atoms with E-state index in [9.17, 15) is 18.0 Å². The van der Waals surface area contributed by atoms with Crippen LogP contribution in [-0.4, -0.2) is 55.6 Å². The molecule has 3 rings (SSSR count). The highest BCUT2D eigenvalue weighted by Crippen LogP contribution is 2.19. The summed E-state index contributed by atoms with van der Waals surface area (Å²) in [5.74, 6) is -0.280. The Morgan fingerprint density at radius 2 is 1.42 bits per heavy atom. The fraction of sp³-hybridized carbons (Fsp3) is 0.440. The van der Waals surface area contributed by atoms with Crippen LogP contribution in [-0.2, 0) is 19.6 Å². The van der Waals surface area contributed by atoms with Crippen LogP contribution in [0.4, 0.5) is 0 Å². The van der Waals surface area contributed by atoms with E-state index in [4.69, 9.17) is 0 Å². The van der Waals surface area contributed by atoms with Crippen LogP contribution in [0.1, 0.15) is 48.9 Å². The minimum atomic E-state index is -3.57. The van der Waals surface area contributed by atoms with Crippen LogP contribution in [0, 0.1) is 13.8 Å². The zero-order valence-electron chi connectivity index (χ0n) is 19.6. The summed E-state index contributed by atoms with van der Waals surface area (Å²) in [7, 11) is -3.57. The zero-order chi connectivity index (χ0) is 24.0. The molecule has 178 valence electrons. The van der Waals surface area contributed by atoms with Crippen LogP contribution >= 0.6 is 0 Å². The molecule has 0 bridgehead atoms. The summed E-state index contributed by atoms with van der Waals surface area (Å²) in [6.07, 6.45) is 0.990. The minimum Gasteiger partial charge on any atom is -0.349 e. The van der Waals surface area contributed by atoms with Gasteiger partial charge in [-0.25, -0.2) is 8.42 Å². The number of benzene rings is 2. The number of hydrogen-bond donors (Lipinski definition) is 1. The third kappa shape index (κ3) is 6.42. The van der Waals surface area contributed by atoms with E-state index in [1.54, 1.807) is 29.2 Å². The molecule has 0 spiro atoms. The van der Waals surface area contributed by atoms with E-state index in [1.165, 1.54) is 4.31 Å². The number of hydrogen-bond acceptors (Lipinski definition) is 4. The third-order valence-corrected chi connectivity index (χ3v) is 7.95. The van der Waals surface area contributed by atoms with Crippen molar-refractivity contribution in [2.75, 3.05) is 26.2 Å². The van der Waals surface area contributed by atoms with Gasteiger partial charge in [-0.05, 0) is 38.0 Å². The van der Waals surface area contributed by atoms with E-state index in [-0.39, 0.29) is 48.7 Å². The fourth-order valence-electron chi connectivity index (χ4n) is 3.90. The number of sulfonamides is 1. The number of piperazine rings is 1. The Bertz CT molecular complexity index is 1060. The summed E-state index contributed by atoms with van der Waals surface area (Å²) in [5.41, 5.74) is 3.21. The number of aryl methyl sites for hydroxylation is 2. The molecule has 2 aromatic carbocycles. The highest BCUT2D eigenvalue weighted by Gasteiger charge is 2.30. The van der Waals surface area contributed by atoms with Crippen molar-refractivity contribution in [2.24, 2.45) is 0 Å². The molecule has 0 aliphatic carbocycles. The number of carbonyl (C=O) groups is 2. The summed E-state index contributed by atoms with van der Waals surface area (Å²) in [4.78, 5) is 27.0. The zero-order valence-corrected chi connectivity index (χ0v) is 20.4. The summed E-state index contributed by atoms with van der Waals surface area (Å²) in [6, 6.07) is 14.8. The van der Waals surface area contributed by atoms with E-state index >= 15 is 0 Å². The van der Waals surface area contributed by atoms with E-state index in [0.717, 1.165) is 23.1 Å². The molecule has 0 unspecified atom stereocenters.